The molecule has 4 rings (SSSR count). The summed E-state index contributed by atoms with van der Waals surface area (Å²) in [4.78, 5) is 13.9. The molecule has 3 heterocycles. The molecule has 5 nitrogen and oxygen atoms in total. The minimum absolute atomic E-state index is 0.181. The van der Waals surface area contributed by atoms with Crippen LogP contribution >= 0.6 is 11.3 Å². The van der Waals surface area contributed by atoms with E-state index in [4.69, 9.17) is 4.42 Å². The van der Waals surface area contributed by atoms with Crippen molar-refractivity contribution in [1.82, 2.24) is 15.1 Å². The maximum absolute atomic E-state index is 12.9. The molecule has 1 atom stereocenters. The van der Waals surface area contributed by atoms with Crippen LogP contribution in [0.15, 0.2) is 76.9 Å². The van der Waals surface area contributed by atoms with Gasteiger partial charge in [-0.1, -0.05) is 24.3 Å². The lowest BCUT2D eigenvalue weighted by Gasteiger charge is -2.11. The minimum Gasteiger partial charge on any atom is -0.467 e. The van der Waals surface area contributed by atoms with Gasteiger partial charge in [-0.25, -0.2) is 4.68 Å². The van der Waals surface area contributed by atoms with Crippen molar-refractivity contribution in [3.05, 3.63) is 83.8 Å². The van der Waals surface area contributed by atoms with Gasteiger partial charge in [-0.15, -0.1) is 11.3 Å². The van der Waals surface area contributed by atoms with Crippen LogP contribution < -0.4 is 5.32 Å². The van der Waals surface area contributed by atoms with Gasteiger partial charge in [0.15, 0.2) is 0 Å². The molecule has 130 valence electrons. The second-order valence-corrected chi connectivity index (χ2v) is 6.81. The molecular weight excluding hydrogens is 346 g/mol. The number of hydrogen-bond acceptors (Lipinski definition) is 4. The van der Waals surface area contributed by atoms with E-state index in [0.717, 1.165) is 10.6 Å². The summed E-state index contributed by atoms with van der Waals surface area (Å²) < 4.78 is 7.11. The molecule has 0 radical (unpaired) electrons. The van der Waals surface area contributed by atoms with Gasteiger partial charge < -0.3 is 9.73 Å². The first-order valence-corrected chi connectivity index (χ1v) is 9.13. The molecule has 1 unspecified atom stereocenters. The Bertz CT molecular complexity index is 989. The topological polar surface area (TPSA) is 60.1 Å². The number of nitrogens with one attached hydrogen (secondary N) is 1. The highest BCUT2D eigenvalue weighted by molar-refractivity contribution is 7.13. The second kappa shape index (κ2) is 7.01. The first kappa shape index (κ1) is 16.4. The summed E-state index contributed by atoms with van der Waals surface area (Å²) in [5, 5.41) is 9.62. The molecule has 0 saturated carbocycles. The smallest absolute Gasteiger partial charge is 0.255 e. The van der Waals surface area contributed by atoms with E-state index in [-0.39, 0.29) is 11.9 Å². The van der Waals surface area contributed by atoms with Gasteiger partial charge in [-0.05, 0) is 42.6 Å². The molecule has 1 amide bonds. The van der Waals surface area contributed by atoms with Crippen molar-refractivity contribution in [1.29, 1.82) is 0 Å². The van der Waals surface area contributed by atoms with Gasteiger partial charge in [0.2, 0.25) is 0 Å². The average molecular weight is 363 g/mol. The van der Waals surface area contributed by atoms with E-state index in [1.54, 1.807) is 28.5 Å². The Morgan fingerprint density at radius 3 is 2.69 bits per heavy atom. The molecule has 0 aliphatic heterocycles. The van der Waals surface area contributed by atoms with Crippen LogP contribution in [0.2, 0.25) is 0 Å². The zero-order chi connectivity index (χ0) is 17.9. The van der Waals surface area contributed by atoms with E-state index in [1.807, 2.05) is 66.9 Å². The number of rotatable bonds is 5. The second-order valence-electron chi connectivity index (χ2n) is 5.86. The Hall–Kier alpha value is -3.12. The normalized spacial score (nSPS) is 12.0. The predicted octanol–water partition coefficient (Wildman–Crippen LogP) is 4.68. The molecule has 6 heteroatoms. The molecule has 4 aromatic rings. The van der Waals surface area contributed by atoms with Gasteiger partial charge in [0.1, 0.15) is 11.5 Å². The Kier molecular flexibility index (Phi) is 4.41. The number of benzene rings is 1. The zero-order valence-corrected chi connectivity index (χ0v) is 14.9. The first-order valence-electron chi connectivity index (χ1n) is 8.25. The Morgan fingerprint density at radius 2 is 2.00 bits per heavy atom. The van der Waals surface area contributed by atoms with Crippen LogP contribution in [0, 0.1) is 0 Å². The summed E-state index contributed by atoms with van der Waals surface area (Å²) in [5.41, 5.74) is 2.12. The number of aromatic nitrogens is 2. The van der Waals surface area contributed by atoms with Crippen LogP contribution in [-0.4, -0.2) is 15.7 Å². The third-order valence-electron chi connectivity index (χ3n) is 4.05. The number of nitrogens with zero attached hydrogens (tertiary/aromatic N) is 2. The lowest BCUT2D eigenvalue weighted by atomic mass is 10.2. The monoisotopic (exact) mass is 363 g/mol. The highest BCUT2D eigenvalue weighted by atomic mass is 32.1. The van der Waals surface area contributed by atoms with Crippen LogP contribution in [0.5, 0.6) is 0 Å². The molecule has 0 aliphatic rings. The first-order chi connectivity index (χ1) is 12.7. The summed E-state index contributed by atoms with van der Waals surface area (Å²) >= 11 is 1.56. The van der Waals surface area contributed by atoms with E-state index in [9.17, 15) is 4.79 Å². The van der Waals surface area contributed by atoms with Crippen molar-refractivity contribution >= 4 is 17.2 Å². The van der Waals surface area contributed by atoms with E-state index >= 15 is 0 Å². The minimum atomic E-state index is -0.228. The third-order valence-corrected chi connectivity index (χ3v) is 4.93. The number of carbonyl (C=O) groups is 1. The number of amides is 1. The fourth-order valence-electron chi connectivity index (χ4n) is 2.73. The molecule has 3 aromatic heterocycles. The van der Waals surface area contributed by atoms with E-state index in [2.05, 4.69) is 10.4 Å². The Balaban J connectivity index is 1.70. The summed E-state index contributed by atoms with van der Waals surface area (Å²) in [6.45, 7) is 1.89. The molecule has 26 heavy (non-hydrogen) atoms. The van der Waals surface area contributed by atoms with E-state index in [0.29, 0.717) is 17.0 Å². The maximum atomic E-state index is 12.9. The van der Waals surface area contributed by atoms with Gasteiger partial charge >= 0.3 is 0 Å². The number of para-hydroxylation sites is 1. The average Bonchev–Trinajstić information content (AvgIpc) is 3.43. The molecule has 0 bridgehead atoms. The van der Waals surface area contributed by atoms with Crippen molar-refractivity contribution < 1.29 is 9.21 Å². The van der Waals surface area contributed by atoms with Crippen LogP contribution in [0.4, 0.5) is 0 Å². The summed E-state index contributed by atoms with van der Waals surface area (Å²) in [6.07, 6.45) is 3.37. The van der Waals surface area contributed by atoms with Crippen molar-refractivity contribution in [2.75, 3.05) is 0 Å². The predicted molar refractivity (Wildman–Crippen MR) is 101 cm³/mol. The van der Waals surface area contributed by atoms with E-state index < -0.39 is 0 Å². The van der Waals surface area contributed by atoms with Crippen molar-refractivity contribution in [3.8, 4) is 16.3 Å². The Labute approximate surface area is 154 Å². The summed E-state index contributed by atoms with van der Waals surface area (Å²) in [7, 11) is 0. The van der Waals surface area contributed by atoms with Gasteiger partial charge in [-0.3, -0.25) is 4.79 Å². The van der Waals surface area contributed by atoms with Crippen LogP contribution in [0.1, 0.15) is 29.1 Å². The molecule has 0 spiro atoms. The number of carbonyl (C=O) groups excluding carboxylic acids is 1. The maximum Gasteiger partial charge on any atom is 0.255 e. The quantitative estimate of drug-likeness (QED) is 0.560. The van der Waals surface area contributed by atoms with Gasteiger partial charge in [0.05, 0.1) is 28.4 Å². The number of thiophene rings is 1. The van der Waals surface area contributed by atoms with Crippen molar-refractivity contribution in [3.63, 3.8) is 0 Å². The van der Waals surface area contributed by atoms with Crippen molar-refractivity contribution in [2.45, 2.75) is 13.0 Å². The fraction of sp³-hybridized carbons (Fsp3) is 0.100. The third kappa shape index (κ3) is 3.19. The molecule has 0 saturated heterocycles. The highest BCUT2D eigenvalue weighted by Gasteiger charge is 2.21. The van der Waals surface area contributed by atoms with Crippen LogP contribution in [0.3, 0.4) is 0 Å². The van der Waals surface area contributed by atoms with E-state index in [1.165, 1.54) is 0 Å². The zero-order valence-electron chi connectivity index (χ0n) is 14.1. The molecule has 1 aromatic carbocycles. The van der Waals surface area contributed by atoms with Crippen molar-refractivity contribution in [2.24, 2.45) is 0 Å². The highest BCUT2D eigenvalue weighted by Crippen LogP contribution is 2.28. The van der Waals surface area contributed by atoms with Crippen LogP contribution in [0.25, 0.3) is 16.3 Å². The largest absolute Gasteiger partial charge is 0.467 e. The standard InChI is InChI=1S/C20H17N3O2S/c1-14(17-9-5-11-25-17)21-20(24)16-13-23(15-7-3-2-4-8-15)22-19(16)18-10-6-12-26-18/h2-14H,1H3,(H,21,24). The van der Waals surface area contributed by atoms with Gasteiger partial charge in [0.25, 0.3) is 5.91 Å². The molecular formula is C20H17N3O2S. The summed E-state index contributed by atoms with van der Waals surface area (Å²) in [5.74, 6) is 0.533. The fourth-order valence-corrected chi connectivity index (χ4v) is 3.45. The molecule has 0 fully saturated rings. The lowest BCUT2D eigenvalue weighted by molar-refractivity contribution is 0.0936. The number of hydrogen-bond donors (Lipinski definition) is 1. The van der Waals surface area contributed by atoms with Crippen LogP contribution in [-0.2, 0) is 0 Å². The van der Waals surface area contributed by atoms with Gasteiger partial charge in [0, 0.05) is 6.20 Å². The lowest BCUT2D eigenvalue weighted by Crippen LogP contribution is -2.26. The van der Waals surface area contributed by atoms with Gasteiger partial charge in [-0.2, -0.15) is 5.10 Å². The SMILES string of the molecule is CC(NC(=O)c1cn(-c2ccccc2)nc1-c1cccs1)c1ccco1. The number of furan rings is 1. The molecule has 1 N–H and O–H groups in total. The Morgan fingerprint density at radius 1 is 1.15 bits per heavy atom. The molecule has 0 aliphatic carbocycles. The summed E-state index contributed by atoms with van der Waals surface area (Å²) in [6, 6.07) is 17.1.